The summed E-state index contributed by atoms with van der Waals surface area (Å²) in [4.78, 5) is 24.8. The van der Waals surface area contributed by atoms with E-state index in [9.17, 15) is 9.59 Å². The molecule has 2 unspecified atom stereocenters. The van der Waals surface area contributed by atoms with Crippen molar-refractivity contribution in [3.8, 4) is 0 Å². The number of hydrogen-bond acceptors (Lipinski definition) is 4. The number of ether oxygens (including phenoxy) is 2. The smallest absolute Gasteiger partial charge is 0.411 e. The van der Waals surface area contributed by atoms with Gasteiger partial charge in [0.2, 0.25) is 0 Å². The van der Waals surface area contributed by atoms with Crippen molar-refractivity contribution in [2.45, 2.75) is 51.4 Å². The highest BCUT2D eigenvalue weighted by Crippen LogP contribution is 2.28. The van der Waals surface area contributed by atoms with Gasteiger partial charge in [-0.25, -0.2) is 9.59 Å². The van der Waals surface area contributed by atoms with Gasteiger partial charge in [-0.05, 0) is 33.6 Å². The van der Waals surface area contributed by atoms with Crippen molar-refractivity contribution in [2.75, 3.05) is 6.54 Å². The average molecular weight is 227 g/mol. The lowest BCUT2D eigenvalue weighted by Gasteiger charge is -2.43. The van der Waals surface area contributed by atoms with Gasteiger partial charge in [0.25, 0.3) is 0 Å². The van der Waals surface area contributed by atoms with Crippen LogP contribution in [0.15, 0.2) is 0 Å². The van der Waals surface area contributed by atoms with E-state index >= 15 is 0 Å². The second-order valence-corrected chi connectivity index (χ2v) is 5.28. The molecule has 3 aliphatic rings. The van der Waals surface area contributed by atoms with Crippen LogP contribution in [0.1, 0.15) is 33.6 Å². The van der Waals surface area contributed by atoms with E-state index in [2.05, 4.69) is 0 Å². The molecular weight excluding hydrogens is 210 g/mol. The maximum Gasteiger partial charge on any atom is 0.411 e. The van der Waals surface area contributed by atoms with Crippen molar-refractivity contribution in [2.24, 2.45) is 0 Å². The Hall–Kier alpha value is -1.26. The average Bonchev–Trinajstić information content (AvgIpc) is 2.15. The van der Waals surface area contributed by atoms with Gasteiger partial charge in [0.05, 0.1) is 6.54 Å². The normalized spacial score (nSPS) is 28.9. The minimum Gasteiger partial charge on any atom is -0.459 e. The quantitative estimate of drug-likeness (QED) is 0.585. The van der Waals surface area contributed by atoms with Gasteiger partial charge in [0.15, 0.2) is 0 Å². The summed E-state index contributed by atoms with van der Waals surface area (Å²) in [5, 5.41) is 0. The standard InChI is InChI=1S/C11H17NO4/c1-11(2,3)16-10(14)12-6-7-4-5-8(12)9(13)15-7/h7-8H,4-6H2,1-3H3. The number of rotatable bonds is 0. The maximum absolute atomic E-state index is 11.8. The first kappa shape index (κ1) is 11.2. The predicted molar refractivity (Wildman–Crippen MR) is 55.8 cm³/mol. The van der Waals surface area contributed by atoms with Gasteiger partial charge < -0.3 is 9.47 Å². The van der Waals surface area contributed by atoms with Crippen molar-refractivity contribution in [3.05, 3.63) is 0 Å². The van der Waals surface area contributed by atoms with Gasteiger partial charge in [0, 0.05) is 0 Å². The van der Waals surface area contributed by atoms with Crippen molar-refractivity contribution >= 4 is 12.1 Å². The molecule has 5 heteroatoms. The van der Waals surface area contributed by atoms with E-state index in [1.54, 1.807) is 0 Å². The SMILES string of the molecule is CC(C)(C)OC(=O)N1CC2CCC1C(=O)O2. The van der Waals surface area contributed by atoms with Crippen LogP contribution in [0, 0.1) is 0 Å². The van der Waals surface area contributed by atoms with Crippen LogP contribution in [0.5, 0.6) is 0 Å². The summed E-state index contributed by atoms with van der Waals surface area (Å²) in [6.45, 7) is 5.90. The lowest BCUT2D eigenvalue weighted by Crippen LogP contribution is -2.59. The summed E-state index contributed by atoms with van der Waals surface area (Å²) in [7, 11) is 0. The summed E-state index contributed by atoms with van der Waals surface area (Å²) < 4.78 is 10.4. The molecular formula is C11H17NO4. The first-order chi connectivity index (χ1) is 7.37. The molecule has 0 radical (unpaired) electrons. The summed E-state index contributed by atoms with van der Waals surface area (Å²) in [6, 6.07) is -0.445. The third-order valence-electron chi connectivity index (χ3n) is 2.72. The van der Waals surface area contributed by atoms with E-state index in [1.165, 1.54) is 4.90 Å². The molecule has 3 saturated heterocycles. The molecule has 1 amide bonds. The molecule has 3 aliphatic heterocycles. The Balaban J connectivity index is 2.05. The maximum atomic E-state index is 11.8. The van der Waals surface area contributed by atoms with Crippen molar-refractivity contribution in [1.29, 1.82) is 0 Å². The van der Waals surface area contributed by atoms with Gasteiger partial charge in [0.1, 0.15) is 17.7 Å². The molecule has 0 saturated carbocycles. The number of amides is 1. The lowest BCUT2D eigenvalue weighted by molar-refractivity contribution is -0.174. The molecule has 90 valence electrons. The zero-order valence-electron chi connectivity index (χ0n) is 9.86. The zero-order valence-corrected chi connectivity index (χ0v) is 9.86. The number of piperidine rings is 1. The molecule has 3 rings (SSSR count). The van der Waals surface area contributed by atoms with Crippen molar-refractivity contribution < 1.29 is 19.1 Å². The number of carbonyl (C=O) groups is 2. The van der Waals surface area contributed by atoms with Crippen LogP contribution >= 0.6 is 0 Å². The Morgan fingerprint density at radius 2 is 2.12 bits per heavy atom. The number of morpholine rings is 1. The largest absolute Gasteiger partial charge is 0.459 e. The fourth-order valence-corrected chi connectivity index (χ4v) is 2.04. The van der Waals surface area contributed by atoms with Crippen LogP contribution in [0.3, 0.4) is 0 Å². The van der Waals surface area contributed by atoms with Crippen molar-refractivity contribution in [3.63, 3.8) is 0 Å². The number of nitrogens with zero attached hydrogens (tertiary/aromatic N) is 1. The van der Waals surface area contributed by atoms with Crippen LogP contribution in [0.2, 0.25) is 0 Å². The van der Waals surface area contributed by atoms with E-state index in [1.807, 2.05) is 20.8 Å². The van der Waals surface area contributed by atoms with E-state index in [0.717, 1.165) is 6.42 Å². The Morgan fingerprint density at radius 3 is 2.62 bits per heavy atom. The molecule has 0 aliphatic carbocycles. The molecule has 0 aromatic heterocycles. The number of esters is 1. The molecule has 0 aromatic rings. The summed E-state index contributed by atoms with van der Waals surface area (Å²) in [6.07, 6.45) is 0.960. The summed E-state index contributed by atoms with van der Waals surface area (Å²) >= 11 is 0. The van der Waals surface area contributed by atoms with E-state index in [4.69, 9.17) is 9.47 Å². The highest BCUT2D eigenvalue weighted by molar-refractivity contribution is 5.83. The van der Waals surface area contributed by atoms with Gasteiger partial charge in [-0.1, -0.05) is 0 Å². The van der Waals surface area contributed by atoms with E-state index in [-0.39, 0.29) is 12.1 Å². The fourth-order valence-electron chi connectivity index (χ4n) is 2.04. The van der Waals surface area contributed by atoms with Gasteiger partial charge in [-0.15, -0.1) is 0 Å². The zero-order chi connectivity index (χ0) is 11.9. The van der Waals surface area contributed by atoms with E-state index < -0.39 is 17.7 Å². The van der Waals surface area contributed by atoms with Gasteiger partial charge in [-0.2, -0.15) is 0 Å². The number of hydrogen-bond donors (Lipinski definition) is 0. The summed E-state index contributed by atoms with van der Waals surface area (Å²) in [5.74, 6) is -0.298. The highest BCUT2D eigenvalue weighted by Gasteiger charge is 2.45. The Labute approximate surface area is 94.7 Å². The Morgan fingerprint density at radius 1 is 1.44 bits per heavy atom. The second-order valence-electron chi connectivity index (χ2n) is 5.28. The van der Waals surface area contributed by atoms with Crippen LogP contribution < -0.4 is 0 Å². The summed E-state index contributed by atoms with van der Waals surface area (Å²) in [5.41, 5.74) is -0.530. The monoisotopic (exact) mass is 227 g/mol. The molecule has 2 bridgehead atoms. The number of fused-ring (bicyclic) bond motifs is 3. The predicted octanol–water partition coefficient (Wildman–Crippen LogP) is 1.31. The molecule has 2 atom stereocenters. The molecule has 0 aromatic carbocycles. The molecule has 5 nitrogen and oxygen atoms in total. The first-order valence-electron chi connectivity index (χ1n) is 5.57. The Bertz CT molecular complexity index is 320. The van der Waals surface area contributed by atoms with Crippen LogP contribution in [-0.4, -0.2) is 41.3 Å². The van der Waals surface area contributed by atoms with Gasteiger partial charge in [-0.3, -0.25) is 4.90 Å². The van der Waals surface area contributed by atoms with Crippen LogP contribution in [0.25, 0.3) is 0 Å². The second kappa shape index (κ2) is 3.64. The molecule has 0 N–H and O–H groups in total. The minimum atomic E-state index is -0.530. The highest BCUT2D eigenvalue weighted by atomic mass is 16.6. The van der Waals surface area contributed by atoms with Crippen molar-refractivity contribution in [1.82, 2.24) is 4.90 Å². The fraction of sp³-hybridized carbons (Fsp3) is 0.818. The van der Waals surface area contributed by atoms with Crippen LogP contribution in [0.4, 0.5) is 4.79 Å². The Kier molecular flexibility index (Phi) is 2.56. The minimum absolute atomic E-state index is 0.148. The molecule has 0 spiro atoms. The topological polar surface area (TPSA) is 55.8 Å². The molecule has 3 fully saturated rings. The van der Waals surface area contributed by atoms with E-state index in [0.29, 0.717) is 13.0 Å². The third kappa shape index (κ3) is 2.13. The molecule has 16 heavy (non-hydrogen) atoms. The van der Waals surface area contributed by atoms with Crippen LogP contribution in [-0.2, 0) is 14.3 Å². The van der Waals surface area contributed by atoms with Gasteiger partial charge >= 0.3 is 12.1 Å². The number of carbonyl (C=O) groups excluding carboxylic acids is 2. The molecule has 3 heterocycles. The lowest BCUT2D eigenvalue weighted by atomic mass is 9.97. The third-order valence-corrected chi connectivity index (χ3v) is 2.72. The first-order valence-corrected chi connectivity index (χ1v) is 5.57.